The average molecular weight is 343 g/mol. The van der Waals surface area contributed by atoms with Gasteiger partial charge in [0.2, 0.25) is 0 Å². The SMILES string of the molecule is Cc1ccccc1-n1cc(C(=O)N(CC(=O)O)C2CCOCC2)cn1. The molecule has 1 aliphatic heterocycles. The van der Waals surface area contributed by atoms with Crippen LogP contribution in [0, 0.1) is 6.92 Å². The first-order chi connectivity index (χ1) is 12.1. The highest BCUT2D eigenvalue weighted by molar-refractivity contribution is 5.95. The van der Waals surface area contributed by atoms with E-state index in [1.54, 1.807) is 10.9 Å². The second-order valence-electron chi connectivity index (χ2n) is 6.13. The molecule has 1 saturated heterocycles. The van der Waals surface area contributed by atoms with Crippen LogP contribution in [0.3, 0.4) is 0 Å². The molecule has 1 fully saturated rings. The van der Waals surface area contributed by atoms with Crippen LogP contribution in [0.25, 0.3) is 5.69 Å². The summed E-state index contributed by atoms with van der Waals surface area (Å²) >= 11 is 0. The van der Waals surface area contributed by atoms with Crippen LogP contribution in [-0.2, 0) is 9.53 Å². The molecule has 1 N–H and O–H groups in total. The molecule has 0 atom stereocenters. The Hall–Kier alpha value is -2.67. The van der Waals surface area contributed by atoms with Gasteiger partial charge in [0.25, 0.3) is 5.91 Å². The van der Waals surface area contributed by atoms with E-state index in [-0.39, 0.29) is 18.5 Å². The third-order valence-electron chi connectivity index (χ3n) is 4.39. The van der Waals surface area contributed by atoms with Crippen molar-refractivity contribution >= 4 is 11.9 Å². The molecule has 1 aliphatic rings. The second-order valence-corrected chi connectivity index (χ2v) is 6.13. The number of nitrogens with zero attached hydrogens (tertiary/aromatic N) is 3. The average Bonchev–Trinajstić information content (AvgIpc) is 3.10. The topological polar surface area (TPSA) is 84.7 Å². The van der Waals surface area contributed by atoms with Gasteiger partial charge in [-0.2, -0.15) is 5.10 Å². The van der Waals surface area contributed by atoms with Crippen LogP contribution in [0.2, 0.25) is 0 Å². The number of benzene rings is 1. The Kier molecular flexibility index (Phi) is 5.14. The number of amides is 1. The van der Waals surface area contributed by atoms with E-state index in [0.717, 1.165) is 11.3 Å². The smallest absolute Gasteiger partial charge is 0.323 e. The highest BCUT2D eigenvalue weighted by Crippen LogP contribution is 2.19. The number of rotatable bonds is 5. The summed E-state index contributed by atoms with van der Waals surface area (Å²) in [5, 5.41) is 13.5. The highest BCUT2D eigenvalue weighted by Gasteiger charge is 2.29. The summed E-state index contributed by atoms with van der Waals surface area (Å²) in [5.74, 6) is -1.33. The number of hydrogen-bond donors (Lipinski definition) is 1. The van der Waals surface area contributed by atoms with Gasteiger partial charge in [0.15, 0.2) is 0 Å². The van der Waals surface area contributed by atoms with Crippen molar-refractivity contribution in [2.45, 2.75) is 25.8 Å². The van der Waals surface area contributed by atoms with Gasteiger partial charge in [-0.05, 0) is 31.4 Å². The largest absolute Gasteiger partial charge is 0.480 e. The molecule has 2 heterocycles. The standard InChI is InChI=1S/C18H21N3O4/c1-13-4-2-3-5-16(13)21-11-14(10-19-21)18(24)20(12-17(22)23)15-6-8-25-9-7-15/h2-5,10-11,15H,6-9,12H2,1H3,(H,22,23). The Morgan fingerprint density at radius 3 is 2.72 bits per heavy atom. The second kappa shape index (κ2) is 7.48. The van der Waals surface area contributed by atoms with Gasteiger partial charge < -0.3 is 14.7 Å². The maximum absolute atomic E-state index is 12.9. The molecule has 7 heteroatoms. The maximum Gasteiger partial charge on any atom is 0.323 e. The highest BCUT2D eigenvalue weighted by atomic mass is 16.5. The van der Waals surface area contributed by atoms with Crippen LogP contribution >= 0.6 is 0 Å². The quantitative estimate of drug-likeness (QED) is 0.896. The first-order valence-electron chi connectivity index (χ1n) is 8.27. The minimum atomic E-state index is -1.02. The molecule has 0 aliphatic carbocycles. The number of carboxylic acid groups (broad SMARTS) is 1. The summed E-state index contributed by atoms with van der Waals surface area (Å²) in [6.07, 6.45) is 4.43. The summed E-state index contributed by atoms with van der Waals surface area (Å²) in [4.78, 5) is 25.5. The lowest BCUT2D eigenvalue weighted by molar-refractivity contribution is -0.138. The predicted octanol–water partition coefficient (Wildman–Crippen LogP) is 1.89. The van der Waals surface area contributed by atoms with Gasteiger partial charge in [-0.25, -0.2) is 4.68 Å². The molecule has 1 aromatic carbocycles. The van der Waals surface area contributed by atoms with Crippen LogP contribution in [0.4, 0.5) is 0 Å². The number of carbonyl (C=O) groups is 2. The summed E-state index contributed by atoms with van der Waals surface area (Å²) < 4.78 is 6.96. The van der Waals surface area contributed by atoms with E-state index in [1.807, 2.05) is 31.2 Å². The van der Waals surface area contributed by atoms with Gasteiger partial charge in [-0.15, -0.1) is 0 Å². The molecule has 0 unspecified atom stereocenters. The predicted molar refractivity (Wildman–Crippen MR) is 90.8 cm³/mol. The number of aromatic nitrogens is 2. The third-order valence-corrected chi connectivity index (χ3v) is 4.39. The summed E-state index contributed by atoms with van der Waals surface area (Å²) in [7, 11) is 0. The van der Waals surface area contributed by atoms with Crippen LogP contribution in [0.15, 0.2) is 36.7 Å². The number of aryl methyl sites for hydroxylation is 1. The van der Waals surface area contributed by atoms with Crippen molar-refractivity contribution in [3.8, 4) is 5.69 Å². The normalized spacial score (nSPS) is 15.1. The molecule has 0 spiro atoms. The van der Waals surface area contributed by atoms with E-state index in [9.17, 15) is 14.7 Å². The van der Waals surface area contributed by atoms with Crippen LogP contribution < -0.4 is 0 Å². The van der Waals surface area contributed by atoms with E-state index in [4.69, 9.17) is 4.74 Å². The summed E-state index contributed by atoms with van der Waals surface area (Å²) in [6.45, 7) is 2.73. The molecule has 3 rings (SSSR count). The Morgan fingerprint density at radius 1 is 1.32 bits per heavy atom. The number of ether oxygens (including phenoxy) is 1. The number of carboxylic acids is 1. The Morgan fingerprint density at radius 2 is 2.04 bits per heavy atom. The van der Waals surface area contributed by atoms with Gasteiger partial charge in [0, 0.05) is 25.5 Å². The maximum atomic E-state index is 12.9. The van der Waals surface area contributed by atoms with Crippen molar-refractivity contribution in [3.63, 3.8) is 0 Å². The van der Waals surface area contributed by atoms with Crippen molar-refractivity contribution in [2.75, 3.05) is 19.8 Å². The molecule has 25 heavy (non-hydrogen) atoms. The van der Waals surface area contributed by atoms with Crippen molar-refractivity contribution in [3.05, 3.63) is 47.8 Å². The molecular weight excluding hydrogens is 322 g/mol. The molecule has 0 bridgehead atoms. The molecule has 1 amide bonds. The van der Waals surface area contributed by atoms with E-state index in [0.29, 0.717) is 31.6 Å². The first-order valence-corrected chi connectivity index (χ1v) is 8.27. The van der Waals surface area contributed by atoms with Gasteiger partial charge in [-0.3, -0.25) is 9.59 Å². The van der Waals surface area contributed by atoms with E-state index < -0.39 is 5.97 Å². The number of hydrogen-bond acceptors (Lipinski definition) is 4. The van der Waals surface area contributed by atoms with Crippen molar-refractivity contribution in [2.24, 2.45) is 0 Å². The van der Waals surface area contributed by atoms with E-state index in [2.05, 4.69) is 5.10 Å². The molecule has 7 nitrogen and oxygen atoms in total. The van der Waals surface area contributed by atoms with Crippen LogP contribution in [0.5, 0.6) is 0 Å². The van der Waals surface area contributed by atoms with E-state index in [1.165, 1.54) is 11.1 Å². The monoisotopic (exact) mass is 343 g/mol. The Labute approximate surface area is 145 Å². The Balaban J connectivity index is 1.84. The molecule has 132 valence electrons. The molecule has 0 radical (unpaired) electrons. The fourth-order valence-electron chi connectivity index (χ4n) is 3.06. The lowest BCUT2D eigenvalue weighted by Gasteiger charge is -2.32. The van der Waals surface area contributed by atoms with Crippen molar-refractivity contribution < 1.29 is 19.4 Å². The lowest BCUT2D eigenvalue weighted by Crippen LogP contribution is -2.46. The molecule has 2 aromatic rings. The zero-order valence-corrected chi connectivity index (χ0v) is 14.1. The van der Waals surface area contributed by atoms with Crippen molar-refractivity contribution in [1.82, 2.24) is 14.7 Å². The third kappa shape index (κ3) is 3.88. The van der Waals surface area contributed by atoms with Crippen LogP contribution in [0.1, 0.15) is 28.8 Å². The molecule has 1 aromatic heterocycles. The number of para-hydroxylation sites is 1. The van der Waals surface area contributed by atoms with E-state index >= 15 is 0 Å². The van der Waals surface area contributed by atoms with Gasteiger partial charge >= 0.3 is 5.97 Å². The lowest BCUT2D eigenvalue weighted by atomic mass is 10.1. The minimum absolute atomic E-state index is 0.126. The zero-order chi connectivity index (χ0) is 17.8. The van der Waals surface area contributed by atoms with Gasteiger partial charge in [0.1, 0.15) is 6.54 Å². The fourth-order valence-corrected chi connectivity index (χ4v) is 3.06. The van der Waals surface area contributed by atoms with Crippen molar-refractivity contribution in [1.29, 1.82) is 0 Å². The zero-order valence-electron chi connectivity index (χ0n) is 14.1. The fraction of sp³-hybridized carbons (Fsp3) is 0.389. The molecular formula is C18H21N3O4. The number of aliphatic carboxylic acids is 1. The van der Waals surface area contributed by atoms with Crippen LogP contribution in [-0.4, -0.2) is 57.5 Å². The first kappa shape index (κ1) is 17.2. The minimum Gasteiger partial charge on any atom is -0.480 e. The van der Waals surface area contributed by atoms with Gasteiger partial charge in [0.05, 0.1) is 17.4 Å². The Bertz CT molecular complexity index is 765. The van der Waals surface area contributed by atoms with Gasteiger partial charge in [-0.1, -0.05) is 18.2 Å². The summed E-state index contributed by atoms with van der Waals surface area (Å²) in [6, 6.07) is 7.61. The number of carbonyl (C=O) groups excluding carboxylic acids is 1. The summed E-state index contributed by atoms with van der Waals surface area (Å²) in [5.41, 5.74) is 2.31. The molecule has 0 saturated carbocycles.